The quantitative estimate of drug-likeness (QED) is 0.703. The highest BCUT2D eigenvalue weighted by atomic mass is 19.1. The van der Waals surface area contributed by atoms with Gasteiger partial charge < -0.3 is 10.2 Å². The fraction of sp³-hybridized carbons (Fsp3) is 0.688. The number of aromatic nitrogens is 1. The summed E-state index contributed by atoms with van der Waals surface area (Å²) in [6.45, 7) is 7.57. The molecule has 1 aromatic heterocycles. The van der Waals surface area contributed by atoms with Crippen molar-refractivity contribution < 1.29 is 4.39 Å². The zero-order valence-corrected chi connectivity index (χ0v) is 12.7. The molecule has 1 aliphatic carbocycles. The third-order valence-electron chi connectivity index (χ3n) is 3.66. The Balaban J connectivity index is 2.09. The molecular weight excluding hydrogens is 253 g/mol. The van der Waals surface area contributed by atoms with Crippen LogP contribution in [0.4, 0.5) is 10.2 Å². The molecule has 1 N–H and O–H groups in total. The van der Waals surface area contributed by atoms with Gasteiger partial charge in [0.15, 0.2) is 11.6 Å². The van der Waals surface area contributed by atoms with Gasteiger partial charge in [-0.1, -0.05) is 13.8 Å². The Morgan fingerprint density at radius 2 is 2.15 bits per heavy atom. The second kappa shape index (κ2) is 7.58. The van der Waals surface area contributed by atoms with Crippen molar-refractivity contribution in [3.05, 3.63) is 23.6 Å². The van der Waals surface area contributed by atoms with Gasteiger partial charge in [0.05, 0.1) is 0 Å². The number of rotatable bonds is 9. The Labute approximate surface area is 121 Å². The summed E-state index contributed by atoms with van der Waals surface area (Å²) in [5.41, 5.74) is 0.723. The van der Waals surface area contributed by atoms with Crippen LogP contribution in [0.5, 0.6) is 0 Å². The summed E-state index contributed by atoms with van der Waals surface area (Å²) >= 11 is 0. The molecule has 0 saturated heterocycles. The van der Waals surface area contributed by atoms with Crippen LogP contribution in [0.3, 0.4) is 0 Å². The number of nitrogens with zero attached hydrogens (tertiary/aromatic N) is 2. The number of pyridine rings is 1. The highest BCUT2D eigenvalue weighted by Crippen LogP contribution is 2.32. The average molecular weight is 279 g/mol. The lowest BCUT2D eigenvalue weighted by molar-refractivity contribution is 0.568. The van der Waals surface area contributed by atoms with E-state index in [1.807, 2.05) is 0 Å². The van der Waals surface area contributed by atoms with Crippen LogP contribution in [-0.4, -0.2) is 24.6 Å². The van der Waals surface area contributed by atoms with E-state index in [4.69, 9.17) is 0 Å². The standard InChI is InChI=1S/C16H26FN3/c1-3-8-18-11-14-7-9-19-16(15(14)17)20(10-4-2)12-13-5-6-13/h7,9,13,18H,3-6,8,10-12H2,1-2H3. The summed E-state index contributed by atoms with van der Waals surface area (Å²) < 4.78 is 14.6. The maximum atomic E-state index is 14.6. The van der Waals surface area contributed by atoms with Crippen molar-refractivity contribution in [2.24, 2.45) is 5.92 Å². The van der Waals surface area contributed by atoms with Gasteiger partial charge in [0.25, 0.3) is 0 Å². The van der Waals surface area contributed by atoms with E-state index in [9.17, 15) is 4.39 Å². The van der Waals surface area contributed by atoms with Gasteiger partial charge in [-0.2, -0.15) is 0 Å². The highest BCUT2D eigenvalue weighted by molar-refractivity contribution is 5.43. The van der Waals surface area contributed by atoms with Crippen molar-refractivity contribution >= 4 is 5.82 Å². The minimum absolute atomic E-state index is 0.148. The second-order valence-corrected chi connectivity index (χ2v) is 5.67. The Morgan fingerprint density at radius 3 is 2.80 bits per heavy atom. The lowest BCUT2D eigenvalue weighted by atomic mass is 10.2. The maximum absolute atomic E-state index is 14.6. The molecule has 0 amide bonds. The van der Waals surface area contributed by atoms with Crippen molar-refractivity contribution in [3.8, 4) is 0 Å². The Morgan fingerprint density at radius 1 is 1.35 bits per heavy atom. The monoisotopic (exact) mass is 279 g/mol. The van der Waals surface area contributed by atoms with E-state index in [1.54, 1.807) is 12.3 Å². The van der Waals surface area contributed by atoms with E-state index in [2.05, 4.69) is 29.0 Å². The van der Waals surface area contributed by atoms with Crippen molar-refractivity contribution in [2.45, 2.75) is 46.1 Å². The van der Waals surface area contributed by atoms with Gasteiger partial charge in [0.2, 0.25) is 0 Å². The molecule has 4 heteroatoms. The molecule has 1 aliphatic rings. The smallest absolute Gasteiger partial charge is 0.170 e. The second-order valence-electron chi connectivity index (χ2n) is 5.67. The van der Waals surface area contributed by atoms with Crippen molar-refractivity contribution in [1.29, 1.82) is 0 Å². The minimum atomic E-state index is -0.148. The van der Waals surface area contributed by atoms with E-state index in [-0.39, 0.29) is 5.82 Å². The molecule has 2 rings (SSSR count). The molecule has 0 aromatic carbocycles. The third kappa shape index (κ3) is 4.17. The first-order chi connectivity index (χ1) is 9.76. The summed E-state index contributed by atoms with van der Waals surface area (Å²) in [6, 6.07) is 1.78. The first kappa shape index (κ1) is 15.2. The van der Waals surface area contributed by atoms with Crippen LogP contribution in [0.15, 0.2) is 12.3 Å². The average Bonchev–Trinajstić information content (AvgIpc) is 3.25. The molecule has 0 atom stereocenters. The fourth-order valence-corrected chi connectivity index (χ4v) is 2.39. The number of anilines is 1. The minimum Gasteiger partial charge on any atom is -0.354 e. The molecule has 0 spiro atoms. The molecule has 0 aliphatic heterocycles. The van der Waals surface area contributed by atoms with Crippen LogP contribution < -0.4 is 10.2 Å². The molecule has 1 fully saturated rings. The summed E-state index contributed by atoms with van der Waals surface area (Å²) in [4.78, 5) is 6.41. The van der Waals surface area contributed by atoms with Crippen LogP contribution in [-0.2, 0) is 6.54 Å². The third-order valence-corrected chi connectivity index (χ3v) is 3.66. The van der Waals surface area contributed by atoms with Crippen LogP contribution in [0.25, 0.3) is 0 Å². The molecule has 0 radical (unpaired) electrons. The largest absolute Gasteiger partial charge is 0.354 e. The number of nitrogens with one attached hydrogen (secondary N) is 1. The topological polar surface area (TPSA) is 28.2 Å². The molecule has 112 valence electrons. The van der Waals surface area contributed by atoms with Gasteiger partial charge >= 0.3 is 0 Å². The van der Waals surface area contributed by atoms with Gasteiger partial charge in [0, 0.05) is 31.4 Å². The molecule has 1 heterocycles. The maximum Gasteiger partial charge on any atom is 0.170 e. The Bertz CT molecular complexity index is 418. The molecule has 3 nitrogen and oxygen atoms in total. The Kier molecular flexibility index (Phi) is 5.77. The lowest BCUT2D eigenvalue weighted by Crippen LogP contribution is -2.29. The van der Waals surface area contributed by atoms with Crippen LogP contribution in [0.1, 0.15) is 45.1 Å². The van der Waals surface area contributed by atoms with E-state index in [1.165, 1.54) is 12.8 Å². The van der Waals surface area contributed by atoms with Gasteiger partial charge in [-0.3, -0.25) is 0 Å². The van der Waals surface area contributed by atoms with Gasteiger partial charge in [-0.15, -0.1) is 0 Å². The van der Waals surface area contributed by atoms with Gasteiger partial charge in [-0.25, -0.2) is 9.37 Å². The lowest BCUT2D eigenvalue weighted by Gasteiger charge is -2.24. The number of hydrogen-bond acceptors (Lipinski definition) is 3. The zero-order valence-electron chi connectivity index (χ0n) is 12.7. The van der Waals surface area contributed by atoms with Gasteiger partial charge in [0.1, 0.15) is 0 Å². The first-order valence-electron chi connectivity index (χ1n) is 7.85. The van der Waals surface area contributed by atoms with E-state index in [0.717, 1.165) is 44.0 Å². The van der Waals surface area contributed by atoms with Crippen molar-refractivity contribution in [3.63, 3.8) is 0 Å². The SMILES string of the molecule is CCCNCc1ccnc(N(CCC)CC2CC2)c1F. The summed E-state index contributed by atoms with van der Waals surface area (Å²) in [6.07, 6.45) is 6.37. The van der Waals surface area contributed by atoms with Crippen molar-refractivity contribution in [2.75, 3.05) is 24.5 Å². The Hall–Kier alpha value is -1.16. The molecular formula is C16H26FN3. The first-order valence-corrected chi connectivity index (χ1v) is 7.85. The highest BCUT2D eigenvalue weighted by Gasteiger charge is 2.26. The zero-order chi connectivity index (χ0) is 14.4. The number of halogens is 1. The van der Waals surface area contributed by atoms with E-state index < -0.39 is 0 Å². The van der Waals surface area contributed by atoms with Crippen LogP contribution >= 0.6 is 0 Å². The summed E-state index contributed by atoms with van der Waals surface area (Å²) in [7, 11) is 0. The summed E-state index contributed by atoms with van der Waals surface area (Å²) in [5.74, 6) is 1.13. The summed E-state index contributed by atoms with van der Waals surface area (Å²) in [5, 5.41) is 3.26. The van der Waals surface area contributed by atoms with Gasteiger partial charge in [-0.05, 0) is 44.2 Å². The molecule has 20 heavy (non-hydrogen) atoms. The fourth-order valence-electron chi connectivity index (χ4n) is 2.39. The predicted octanol–water partition coefficient (Wildman–Crippen LogP) is 3.35. The van der Waals surface area contributed by atoms with Crippen molar-refractivity contribution in [1.82, 2.24) is 10.3 Å². The van der Waals surface area contributed by atoms with E-state index >= 15 is 0 Å². The normalized spacial score (nSPS) is 14.6. The van der Waals surface area contributed by atoms with Crippen LogP contribution in [0.2, 0.25) is 0 Å². The predicted molar refractivity (Wildman–Crippen MR) is 81.4 cm³/mol. The molecule has 0 bridgehead atoms. The van der Waals surface area contributed by atoms with E-state index in [0.29, 0.717) is 12.4 Å². The molecule has 1 saturated carbocycles. The molecule has 1 aromatic rings. The van der Waals surface area contributed by atoms with Crippen LogP contribution in [0, 0.1) is 11.7 Å². The number of hydrogen-bond donors (Lipinski definition) is 1. The molecule has 0 unspecified atom stereocenters.